The predicted octanol–water partition coefficient (Wildman–Crippen LogP) is 2.85. The Labute approximate surface area is 115 Å². The van der Waals surface area contributed by atoms with E-state index in [9.17, 15) is 0 Å². The highest BCUT2D eigenvalue weighted by molar-refractivity contribution is 5.38. The molecule has 0 aliphatic rings. The lowest BCUT2D eigenvalue weighted by molar-refractivity contribution is 0.552. The number of nitrogens with zero attached hydrogens (tertiary/aromatic N) is 2. The van der Waals surface area contributed by atoms with Crippen LogP contribution >= 0.6 is 0 Å². The Morgan fingerprint density at radius 1 is 1.21 bits per heavy atom. The van der Waals surface area contributed by atoms with Gasteiger partial charge in [0.1, 0.15) is 0 Å². The Morgan fingerprint density at radius 3 is 2.32 bits per heavy atom. The van der Waals surface area contributed by atoms with Gasteiger partial charge in [0.25, 0.3) is 0 Å². The van der Waals surface area contributed by atoms with E-state index in [1.807, 2.05) is 26.6 Å². The number of aromatic nitrogens is 2. The standard InChI is InChI=1S/C16H23N3/c1-11-6-12(2)14(13(3)7-11)8-15(17-4)16-9-18-10-19(16)5/h6-7,9-10,15,17H,8H2,1-5H3. The molecule has 1 aromatic heterocycles. The van der Waals surface area contributed by atoms with Crippen molar-refractivity contribution in [2.24, 2.45) is 7.05 Å². The Kier molecular flexibility index (Phi) is 4.05. The molecule has 2 rings (SSSR count). The van der Waals surface area contributed by atoms with Crippen molar-refractivity contribution in [2.75, 3.05) is 7.05 Å². The van der Waals surface area contributed by atoms with Crippen molar-refractivity contribution in [2.45, 2.75) is 33.2 Å². The van der Waals surface area contributed by atoms with Gasteiger partial charge in [0.15, 0.2) is 0 Å². The number of likely N-dealkylation sites (N-methyl/N-ethyl adjacent to an activating group) is 1. The van der Waals surface area contributed by atoms with Gasteiger partial charge in [-0.1, -0.05) is 17.7 Å². The molecule has 0 amide bonds. The minimum absolute atomic E-state index is 0.299. The molecule has 0 radical (unpaired) electrons. The van der Waals surface area contributed by atoms with E-state index in [1.165, 1.54) is 27.9 Å². The first-order chi connectivity index (χ1) is 9.02. The van der Waals surface area contributed by atoms with Gasteiger partial charge in [-0.3, -0.25) is 0 Å². The third-order valence-corrected chi connectivity index (χ3v) is 3.81. The molecule has 19 heavy (non-hydrogen) atoms. The fraction of sp³-hybridized carbons (Fsp3) is 0.438. The van der Waals surface area contributed by atoms with Crippen molar-refractivity contribution < 1.29 is 0 Å². The van der Waals surface area contributed by atoms with Crippen LogP contribution in [0.5, 0.6) is 0 Å². The van der Waals surface area contributed by atoms with Crippen LogP contribution in [-0.2, 0) is 13.5 Å². The molecule has 1 unspecified atom stereocenters. The van der Waals surface area contributed by atoms with Crippen molar-refractivity contribution >= 4 is 0 Å². The number of benzene rings is 1. The summed E-state index contributed by atoms with van der Waals surface area (Å²) in [5.41, 5.74) is 6.74. The van der Waals surface area contributed by atoms with Crippen LogP contribution in [0.15, 0.2) is 24.7 Å². The Hall–Kier alpha value is -1.61. The van der Waals surface area contributed by atoms with E-state index in [4.69, 9.17) is 0 Å². The van der Waals surface area contributed by atoms with E-state index in [1.54, 1.807) is 0 Å². The van der Waals surface area contributed by atoms with Gasteiger partial charge in [0.2, 0.25) is 0 Å². The second kappa shape index (κ2) is 5.57. The van der Waals surface area contributed by atoms with E-state index >= 15 is 0 Å². The summed E-state index contributed by atoms with van der Waals surface area (Å²) in [6.45, 7) is 6.55. The molecule has 3 heteroatoms. The molecule has 2 aromatic rings. The number of hydrogen-bond acceptors (Lipinski definition) is 2. The van der Waals surface area contributed by atoms with Crippen molar-refractivity contribution in [3.8, 4) is 0 Å². The summed E-state index contributed by atoms with van der Waals surface area (Å²) in [7, 11) is 4.05. The third kappa shape index (κ3) is 2.87. The fourth-order valence-electron chi connectivity index (χ4n) is 2.79. The van der Waals surface area contributed by atoms with Gasteiger partial charge < -0.3 is 9.88 Å². The van der Waals surface area contributed by atoms with Crippen molar-refractivity contribution in [3.05, 3.63) is 52.6 Å². The number of aryl methyl sites for hydroxylation is 4. The Balaban J connectivity index is 2.32. The summed E-state index contributed by atoms with van der Waals surface area (Å²) in [6, 6.07) is 4.82. The van der Waals surface area contributed by atoms with Crippen LogP contribution in [0.25, 0.3) is 0 Å². The van der Waals surface area contributed by atoms with Gasteiger partial charge in [0.05, 0.1) is 18.1 Å². The molecular formula is C16H23N3. The van der Waals surface area contributed by atoms with E-state index in [-0.39, 0.29) is 0 Å². The first kappa shape index (κ1) is 13.8. The zero-order valence-electron chi connectivity index (χ0n) is 12.5. The highest BCUT2D eigenvalue weighted by Crippen LogP contribution is 2.23. The minimum atomic E-state index is 0.299. The van der Waals surface area contributed by atoms with Crippen molar-refractivity contribution in [1.82, 2.24) is 14.9 Å². The van der Waals surface area contributed by atoms with Gasteiger partial charge in [-0.05, 0) is 50.9 Å². The molecule has 1 aromatic carbocycles. The second-order valence-corrected chi connectivity index (χ2v) is 5.35. The number of imidazole rings is 1. The van der Waals surface area contributed by atoms with Crippen LogP contribution in [0.3, 0.4) is 0 Å². The molecule has 0 aliphatic carbocycles. The number of rotatable bonds is 4. The highest BCUT2D eigenvalue weighted by atomic mass is 15.1. The largest absolute Gasteiger partial charge is 0.336 e. The summed E-state index contributed by atoms with van der Waals surface area (Å²) < 4.78 is 2.08. The average Bonchev–Trinajstić information content (AvgIpc) is 2.75. The number of nitrogens with one attached hydrogen (secondary N) is 1. The molecule has 0 fully saturated rings. The molecule has 1 atom stereocenters. The van der Waals surface area contributed by atoms with Crippen LogP contribution in [0.1, 0.15) is 34.0 Å². The lowest BCUT2D eigenvalue weighted by Gasteiger charge is -2.20. The van der Waals surface area contributed by atoms with E-state index in [0.29, 0.717) is 6.04 Å². The first-order valence-electron chi connectivity index (χ1n) is 6.73. The molecule has 1 heterocycles. The van der Waals surface area contributed by atoms with E-state index in [0.717, 1.165) is 6.42 Å². The Morgan fingerprint density at radius 2 is 1.84 bits per heavy atom. The predicted molar refractivity (Wildman–Crippen MR) is 79.4 cm³/mol. The van der Waals surface area contributed by atoms with Gasteiger partial charge in [-0.15, -0.1) is 0 Å². The van der Waals surface area contributed by atoms with Crippen LogP contribution in [-0.4, -0.2) is 16.6 Å². The highest BCUT2D eigenvalue weighted by Gasteiger charge is 2.16. The third-order valence-electron chi connectivity index (χ3n) is 3.81. The zero-order chi connectivity index (χ0) is 14.0. The van der Waals surface area contributed by atoms with Gasteiger partial charge in [-0.25, -0.2) is 4.98 Å². The summed E-state index contributed by atoms with van der Waals surface area (Å²) >= 11 is 0. The summed E-state index contributed by atoms with van der Waals surface area (Å²) in [5.74, 6) is 0. The maximum atomic E-state index is 4.21. The number of hydrogen-bond donors (Lipinski definition) is 1. The average molecular weight is 257 g/mol. The zero-order valence-corrected chi connectivity index (χ0v) is 12.5. The van der Waals surface area contributed by atoms with E-state index in [2.05, 4.69) is 47.8 Å². The van der Waals surface area contributed by atoms with Crippen LogP contribution in [0.2, 0.25) is 0 Å². The summed E-state index contributed by atoms with van der Waals surface area (Å²) in [4.78, 5) is 4.21. The first-order valence-corrected chi connectivity index (χ1v) is 6.73. The maximum absolute atomic E-state index is 4.21. The van der Waals surface area contributed by atoms with E-state index < -0.39 is 0 Å². The smallest absolute Gasteiger partial charge is 0.0946 e. The van der Waals surface area contributed by atoms with Crippen molar-refractivity contribution in [1.29, 1.82) is 0 Å². The van der Waals surface area contributed by atoms with Crippen molar-refractivity contribution in [3.63, 3.8) is 0 Å². The molecule has 0 aliphatic heterocycles. The summed E-state index contributed by atoms with van der Waals surface area (Å²) in [6.07, 6.45) is 4.79. The topological polar surface area (TPSA) is 29.9 Å². The van der Waals surface area contributed by atoms with Gasteiger partial charge in [0, 0.05) is 13.2 Å². The Bertz CT molecular complexity index is 546. The minimum Gasteiger partial charge on any atom is -0.336 e. The normalized spacial score (nSPS) is 12.7. The second-order valence-electron chi connectivity index (χ2n) is 5.35. The molecule has 3 nitrogen and oxygen atoms in total. The lowest BCUT2D eigenvalue weighted by atomic mass is 9.93. The van der Waals surface area contributed by atoms with Crippen LogP contribution < -0.4 is 5.32 Å². The SMILES string of the molecule is CNC(Cc1c(C)cc(C)cc1C)c1cncn1C. The fourth-order valence-corrected chi connectivity index (χ4v) is 2.79. The molecular weight excluding hydrogens is 234 g/mol. The monoisotopic (exact) mass is 257 g/mol. The molecule has 102 valence electrons. The molecule has 0 bridgehead atoms. The van der Waals surface area contributed by atoms with Gasteiger partial charge in [-0.2, -0.15) is 0 Å². The molecule has 0 saturated heterocycles. The molecule has 0 spiro atoms. The van der Waals surface area contributed by atoms with Crippen LogP contribution in [0.4, 0.5) is 0 Å². The van der Waals surface area contributed by atoms with Crippen LogP contribution in [0, 0.1) is 20.8 Å². The quantitative estimate of drug-likeness (QED) is 0.912. The van der Waals surface area contributed by atoms with Gasteiger partial charge >= 0.3 is 0 Å². The summed E-state index contributed by atoms with van der Waals surface area (Å²) in [5, 5.41) is 3.40. The molecule has 1 N–H and O–H groups in total. The maximum Gasteiger partial charge on any atom is 0.0946 e. The lowest BCUT2D eigenvalue weighted by Crippen LogP contribution is -2.22. The molecule has 0 saturated carbocycles.